The van der Waals surface area contributed by atoms with Gasteiger partial charge in [-0.2, -0.15) is 0 Å². The Balaban J connectivity index is 1.07. The molecule has 0 saturated heterocycles. The Labute approximate surface area is 302 Å². The van der Waals surface area contributed by atoms with Gasteiger partial charge in [0.25, 0.3) is 0 Å². The van der Waals surface area contributed by atoms with Crippen LogP contribution in [0.15, 0.2) is 205 Å². The molecular weight excluding hydrogens is 631 g/mol. The fourth-order valence-corrected chi connectivity index (χ4v) is 7.73. The first-order valence-electron chi connectivity index (χ1n) is 17.8. The second-order valence-electron chi connectivity index (χ2n) is 13.3. The highest BCUT2D eigenvalue weighted by Gasteiger charge is 2.19. The minimum absolute atomic E-state index is 0.905. The van der Waals surface area contributed by atoms with Gasteiger partial charge in [0.2, 0.25) is 0 Å². The third-order valence-electron chi connectivity index (χ3n) is 10.3. The highest BCUT2D eigenvalue weighted by molar-refractivity contribution is 6.14. The summed E-state index contributed by atoms with van der Waals surface area (Å²) in [7, 11) is 0. The summed E-state index contributed by atoms with van der Waals surface area (Å²) in [5.41, 5.74) is 12.1. The van der Waals surface area contributed by atoms with Gasteiger partial charge in [0, 0.05) is 39.0 Å². The molecule has 0 spiro atoms. The van der Waals surface area contributed by atoms with Gasteiger partial charge in [0.15, 0.2) is 0 Å². The molecule has 10 aromatic rings. The Bertz CT molecular complexity index is 2890. The molecule has 244 valence electrons. The van der Waals surface area contributed by atoms with Crippen LogP contribution in [0.3, 0.4) is 0 Å². The van der Waals surface area contributed by atoms with Crippen LogP contribution in [-0.2, 0) is 0 Å². The molecule has 0 unspecified atom stereocenters. The summed E-state index contributed by atoms with van der Waals surface area (Å²) < 4.78 is 6.58. The van der Waals surface area contributed by atoms with Crippen molar-refractivity contribution in [3.8, 4) is 33.4 Å². The number of hydrogen-bond donors (Lipinski definition) is 0. The third kappa shape index (κ3) is 5.12. The minimum Gasteiger partial charge on any atom is -0.455 e. The molecule has 0 aliphatic heterocycles. The number of para-hydroxylation sites is 3. The molecule has 2 nitrogen and oxygen atoms in total. The van der Waals surface area contributed by atoms with Crippen molar-refractivity contribution in [3.63, 3.8) is 0 Å². The van der Waals surface area contributed by atoms with Crippen molar-refractivity contribution in [1.82, 2.24) is 0 Å². The van der Waals surface area contributed by atoms with E-state index in [2.05, 4.69) is 199 Å². The molecule has 0 atom stereocenters. The maximum atomic E-state index is 6.58. The van der Waals surface area contributed by atoms with Crippen LogP contribution in [0.4, 0.5) is 17.1 Å². The first kappa shape index (κ1) is 30.0. The maximum Gasteiger partial charge on any atom is 0.143 e. The lowest BCUT2D eigenvalue weighted by molar-refractivity contribution is 0.670. The van der Waals surface area contributed by atoms with Gasteiger partial charge < -0.3 is 9.32 Å². The van der Waals surface area contributed by atoms with Gasteiger partial charge in [-0.15, -0.1) is 0 Å². The first-order chi connectivity index (χ1) is 25.8. The summed E-state index contributed by atoms with van der Waals surface area (Å²) in [4.78, 5) is 2.32. The highest BCUT2D eigenvalue weighted by atomic mass is 16.3. The first-order valence-corrected chi connectivity index (χ1v) is 17.8. The molecule has 0 aliphatic rings. The Hall–Kier alpha value is -6.90. The van der Waals surface area contributed by atoms with E-state index in [4.69, 9.17) is 4.42 Å². The molecule has 0 saturated carbocycles. The average Bonchev–Trinajstić information content (AvgIpc) is 3.61. The molecule has 0 radical (unpaired) electrons. The Morgan fingerprint density at radius 3 is 1.69 bits per heavy atom. The molecule has 0 N–H and O–H groups in total. The number of fused-ring (bicyclic) bond motifs is 5. The van der Waals surface area contributed by atoms with Crippen molar-refractivity contribution in [2.75, 3.05) is 4.90 Å². The fraction of sp³-hybridized carbons (Fsp3) is 0. The van der Waals surface area contributed by atoms with Gasteiger partial charge in [-0.25, -0.2) is 0 Å². The average molecular weight is 664 g/mol. The van der Waals surface area contributed by atoms with E-state index in [1.807, 2.05) is 6.07 Å². The van der Waals surface area contributed by atoms with Crippen LogP contribution in [0, 0.1) is 0 Å². The molecule has 1 heterocycles. The van der Waals surface area contributed by atoms with E-state index < -0.39 is 0 Å². The smallest absolute Gasteiger partial charge is 0.143 e. The van der Waals surface area contributed by atoms with E-state index >= 15 is 0 Å². The van der Waals surface area contributed by atoms with Gasteiger partial charge in [0.05, 0.1) is 0 Å². The number of furan rings is 1. The van der Waals surface area contributed by atoms with Crippen molar-refractivity contribution >= 4 is 60.5 Å². The Morgan fingerprint density at radius 2 is 0.904 bits per heavy atom. The summed E-state index contributed by atoms with van der Waals surface area (Å²) >= 11 is 0. The Kier molecular flexibility index (Phi) is 7.18. The molecule has 0 bridgehead atoms. The predicted molar refractivity (Wildman–Crippen MR) is 220 cm³/mol. The molecule has 52 heavy (non-hydrogen) atoms. The lowest BCUT2D eigenvalue weighted by Crippen LogP contribution is -2.09. The number of nitrogens with zero attached hydrogens (tertiary/aromatic N) is 1. The fourth-order valence-electron chi connectivity index (χ4n) is 7.73. The van der Waals surface area contributed by atoms with Crippen LogP contribution in [0.2, 0.25) is 0 Å². The largest absolute Gasteiger partial charge is 0.455 e. The minimum atomic E-state index is 0.905. The van der Waals surface area contributed by atoms with E-state index in [1.54, 1.807) is 0 Å². The number of rotatable bonds is 6. The molecule has 9 aromatic carbocycles. The zero-order valence-corrected chi connectivity index (χ0v) is 28.4. The maximum absolute atomic E-state index is 6.58. The molecule has 1 aromatic heterocycles. The van der Waals surface area contributed by atoms with Gasteiger partial charge in [-0.1, -0.05) is 152 Å². The van der Waals surface area contributed by atoms with Crippen LogP contribution < -0.4 is 4.90 Å². The van der Waals surface area contributed by atoms with E-state index in [9.17, 15) is 0 Å². The van der Waals surface area contributed by atoms with Crippen molar-refractivity contribution < 1.29 is 4.42 Å². The van der Waals surface area contributed by atoms with Gasteiger partial charge >= 0.3 is 0 Å². The van der Waals surface area contributed by atoms with Crippen LogP contribution in [0.1, 0.15) is 0 Å². The van der Waals surface area contributed by atoms with Crippen molar-refractivity contribution in [1.29, 1.82) is 0 Å². The van der Waals surface area contributed by atoms with E-state index in [-0.39, 0.29) is 0 Å². The topological polar surface area (TPSA) is 16.4 Å². The molecule has 0 fully saturated rings. The molecule has 0 aliphatic carbocycles. The highest BCUT2D eigenvalue weighted by Crippen LogP contribution is 2.44. The summed E-state index contributed by atoms with van der Waals surface area (Å²) in [5.74, 6) is 0. The molecule has 10 rings (SSSR count). The molecule has 0 amide bonds. The number of benzene rings is 9. The zero-order chi connectivity index (χ0) is 34.4. The third-order valence-corrected chi connectivity index (χ3v) is 10.3. The predicted octanol–water partition coefficient (Wildman–Crippen LogP) is 14.4. The number of hydrogen-bond acceptors (Lipinski definition) is 2. The van der Waals surface area contributed by atoms with Crippen LogP contribution in [0.5, 0.6) is 0 Å². The summed E-state index contributed by atoms with van der Waals surface area (Å²) in [5, 5.41) is 7.18. The lowest BCUT2D eigenvalue weighted by atomic mass is 9.89. The van der Waals surface area contributed by atoms with E-state index in [0.29, 0.717) is 0 Å². The second-order valence-corrected chi connectivity index (χ2v) is 13.3. The summed E-state index contributed by atoms with van der Waals surface area (Å²) in [6.45, 7) is 0. The quantitative estimate of drug-likeness (QED) is 0.176. The van der Waals surface area contributed by atoms with Gasteiger partial charge in [0.1, 0.15) is 11.2 Å². The lowest BCUT2D eigenvalue weighted by Gasteiger charge is -2.26. The standard InChI is InChI=1S/C50H33NO/c1-2-14-40(15-3-1)51(41-28-23-35(24-29-41)39-22-21-34-11-4-5-13-38(34)33-39)42-30-25-37(26-31-42)44-32-27-36-12-6-7-16-43(36)49(44)47-19-10-18-46-45-17-8-9-20-48(45)52-50(46)47/h1-33H. The van der Waals surface area contributed by atoms with Crippen LogP contribution in [-0.4, -0.2) is 0 Å². The SMILES string of the molecule is c1ccc(N(c2ccc(-c3ccc4ccccc4c3)cc2)c2ccc(-c3ccc4ccccc4c3-c3cccc4c3oc3ccccc34)cc2)cc1. The van der Waals surface area contributed by atoms with Crippen molar-refractivity contribution in [2.24, 2.45) is 0 Å². The van der Waals surface area contributed by atoms with Crippen molar-refractivity contribution in [2.45, 2.75) is 0 Å². The zero-order valence-electron chi connectivity index (χ0n) is 28.4. The van der Waals surface area contributed by atoms with E-state index in [0.717, 1.165) is 50.1 Å². The number of anilines is 3. The summed E-state index contributed by atoms with van der Waals surface area (Å²) in [6.07, 6.45) is 0. The van der Waals surface area contributed by atoms with E-state index in [1.165, 1.54) is 43.8 Å². The normalized spacial score (nSPS) is 11.5. The second kappa shape index (κ2) is 12.5. The van der Waals surface area contributed by atoms with Gasteiger partial charge in [-0.3, -0.25) is 0 Å². The molecule has 2 heteroatoms. The van der Waals surface area contributed by atoms with Gasteiger partial charge in [-0.05, 0) is 92.3 Å². The van der Waals surface area contributed by atoms with Crippen LogP contribution >= 0.6 is 0 Å². The summed E-state index contributed by atoms with van der Waals surface area (Å²) in [6, 6.07) is 71.6. The van der Waals surface area contributed by atoms with Crippen LogP contribution in [0.25, 0.3) is 76.9 Å². The van der Waals surface area contributed by atoms with Crippen molar-refractivity contribution in [3.05, 3.63) is 200 Å². The monoisotopic (exact) mass is 663 g/mol. The molecular formula is C50H33NO. The Morgan fingerprint density at radius 1 is 0.327 bits per heavy atom.